The van der Waals surface area contributed by atoms with Gasteiger partial charge in [0.15, 0.2) is 0 Å². The summed E-state index contributed by atoms with van der Waals surface area (Å²) in [5, 5.41) is 4.38. The van der Waals surface area contributed by atoms with Gasteiger partial charge >= 0.3 is 0 Å². The van der Waals surface area contributed by atoms with Gasteiger partial charge in [-0.3, -0.25) is 4.68 Å². The molecule has 0 amide bonds. The monoisotopic (exact) mass is 260 g/mol. The first kappa shape index (κ1) is 13.5. The van der Waals surface area contributed by atoms with Crippen LogP contribution >= 0.6 is 0 Å². The van der Waals surface area contributed by atoms with Crippen LogP contribution in [0.3, 0.4) is 0 Å². The van der Waals surface area contributed by atoms with E-state index in [9.17, 15) is 0 Å². The predicted molar refractivity (Wildman–Crippen MR) is 75.3 cm³/mol. The molecule has 102 valence electrons. The van der Waals surface area contributed by atoms with Gasteiger partial charge in [0.05, 0.1) is 13.3 Å². The van der Waals surface area contributed by atoms with Crippen LogP contribution in [-0.4, -0.2) is 26.9 Å². The van der Waals surface area contributed by atoms with Crippen LogP contribution in [0.1, 0.15) is 32.5 Å². The van der Waals surface area contributed by atoms with Crippen molar-refractivity contribution in [2.45, 2.75) is 40.2 Å². The average Bonchev–Trinajstić information content (AvgIpc) is 2.78. The fraction of sp³-hybridized carbons (Fsp3) is 0.500. The van der Waals surface area contributed by atoms with Crippen LogP contribution in [-0.2, 0) is 6.54 Å². The van der Waals surface area contributed by atoms with Gasteiger partial charge in [-0.2, -0.15) is 10.1 Å². The third kappa shape index (κ3) is 2.92. The minimum Gasteiger partial charge on any atom is -0.479 e. The number of aryl methyl sites for hydroxylation is 2. The Balaban J connectivity index is 2.31. The molecule has 0 radical (unpaired) electrons. The Morgan fingerprint density at radius 3 is 2.89 bits per heavy atom. The fourth-order valence-electron chi connectivity index (χ4n) is 2.12. The van der Waals surface area contributed by atoms with Gasteiger partial charge in [0.25, 0.3) is 0 Å². The van der Waals surface area contributed by atoms with Crippen LogP contribution in [0.25, 0.3) is 11.0 Å². The van der Waals surface area contributed by atoms with E-state index in [2.05, 4.69) is 35.0 Å². The summed E-state index contributed by atoms with van der Waals surface area (Å²) in [6, 6.07) is 0. The average molecular weight is 260 g/mol. The number of hydrogen-bond acceptors (Lipinski definition) is 4. The van der Waals surface area contributed by atoms with E-state index in [1.807, 2.05) is 11.6 Å². The Morgan fingerprint density at radius 2 is 2.21 bits per heavy atom. The zero-order valence-electron chi connectivity index (χ0n) is 12.0. The zero-order chi connectivity index (χ0) is 13.8. The van der Waals surface area contributed by atoms with E-state index in [1.54, 1.807) is 13.3 Å². The molecule has 5 nitrogen and oxygen atoms in total. The van der Waals surface area contributed by atoms with E-state index < -0.39 is 0 Å². The maximum atomic E-state index is 5.34. The van der Waals surface area contributed by atoms with Gasteiger partial charge in [0.1, 0.15) is 16.9 Å². The van der Waals surface area contributed by atoms with Crippen LogP contribution in [0, 0.1) is 6.92 Å². The molecule has 19 heavy (non-hydrogen) atoms. The lowest BCUT2D eigenvalue weighted by atomic mass is 10.2. The first-order valence-electron chi connectivity index (χ1n) is 6.55. The predicted octanol–water partition coefficient (Wildman–Crippen LogP) is 2.89. The van der Waals surface area contributed by atoms with Gasteiger partial charge < -0.3 is 4.74 Å². The molecule has 0 aliphatic heterocycles. The number of allylic oxidation sites excluding steroid dienone is 2. The highest BCUT2D eigenvalue weighted by Gasteiger charge is 2.12. The Labute approximate surface area is 113 Å². The number of rotatable bonds is 5. The van der Waals surface area contributed by atoms with Crippen LogP contribution in [0.4, 0.5) is 0 Å². The summed E-state index contributed by atoms with van der Waals surface area (Å²) in [4.78, 5) is 8.69. The lowest BCUT2D eigenvalue weighted by molar-refractivity contribution is 0.397. The quantitative estimate of drug-likeness (QED) is 0.776. The number of methoxy groups -OCH3 is 1. The molecule has 0 unspecified atom stereocenters. The van der Waals surface area contributed by atoms with Gasteiger partial charge in [-0.15, -0.1) is 0 Å². The molecule has 0 bridgehead atoms. The summed E-state index contributed by atoms with van der Waals surface area (Å²) in [5.74, 6) is 1.29. The van der Waals surface area contributed by atoms with Crippen molar-refractivity contribution in [3.8, 4) is 5.88 Å². The van der Waals surface area contributed by atoms with E-state index in [4.69, 9.17) is 4.74 Å². The molecule has 0 aromatic carbocycles. The van der Waals surface area contributed by atoms with Crippen molar-refractivity contribution < 1.29 is 4.74 Å². The molecule has 0 saturated carbocycles. The van der Waals surface area contributed by atoms with Crippen LogP contribution in [0.2, 0.25) is 0 Å². The third-order valence-corrected chi connectivity index (χ3v) is 3.03. The molecule has 0 aliphatic carbocycles. The molecule has 2 aromatic heterocycles. The molecule has 0 spiro atoms. The van der Waals surface area contributed by atoms with Gasteiger partial charge in [-0.1, -0.05) is 18.6 Å². The van der Waals surface area contributed by atoms with E-state index in [0.29, 0.717) is 11.7 Å². The fourth-order valence-corrected chi connectivity index (χ4v) is 2.12. The van der Waals surface area contributed by atoms with Crippen molar-refractivity contribution in [1.82, 2.24) is 19.7 Å². The maximum Gasteiger partial charge on any atom is 0.243 e. The SMILES string of the molecule is CC/C=C(/C)CCn1ncc2nc(C)nc(OC)c21. The number of ether oxygens (including phenoxy) is 1. The largest absolute Gasteiger partial charge is 0.479 e. The van der Waals surface area contributed by atoms with Crippen LogP contribution in [0.5, 0.6) is 5.88 Å². The zero-order valence-corrected chi connectivity index (χ0v) is 12.0. The second kappa shape index (κ2) is 5.82. The van der Waals surface area contributed by atoms with E-state index in [1.165, 1.54) is 5.57 Å². The van der Waals surface area contributed by atoms with Crippen molar-refractivity contribution in [1.29, 1.82) is 0 Å². The normalized spacial score (nSPS) is 12.1. The summed E-state index contributed by atoms with van der Waals surface area (Å²) in [5.41, 5.74) is 3.08. The summed E-state index contributed by atoms with van der Waals surface area (Å²) in [7, 11) is 1.63. The minimum absolute atomic E-state index is 0.595. The van der Waals surface area contributed by atoms with Gasteiger partial charge in [0.2, 0.25) is 5.88 Å². The molecule has 2 heterocycles. The first-order valence-corrected chi connectivity index (χ1v) is 6.55. The topological polar surface area (TPSA) is 52.8 Å². The second-order valence-corrected chi connectivity index (χ2v) is 4.59. The van der Waals surface area contributed by atoms with Gasteiger partial charge in [-0.05, 0) is 26.7 Å². The van der Waals surface area contributed by atoms with Gasteiger partial charge in [-0.25, -0.2) is 4.98 Å². The molecular formula is C14H20N4O. The number of nitrogens with zero attached hydrogens (tertiary/aromatic N) is 4. The molecule has 5 heteroatoms. The standard InChI is InChI=1S/C14H20N4O/c1-5-6-10(2)7-8-18-13-12(9-15-18)16-11(3)17-14(13)19-4/h6,9H,5,7-8H2,1-4H3/b10-6-. The van der Waals surface area contributed by atoms with Crippen molar-refractivity contribution in [2.24, 2.45) is 0 Å². The molecule has 2 aromatic rings. The highest BCUT2D eigenvalue weighted by molar-refractivity contribution is 5.79. The summed E-state index contributed by atoms with van der Waals surface area (Å²) >= 11 is 0. The molecule has 0 aliphatic rings. The van der Waals surface area contributed by atoms with Crippen molar-refractivity contribution >= 4 is 11.0 Å². The highest BCUT2D eigenvalue weighted by atomic mass is 16.5. The number of aromatic nitrogens is 4. The van der Waals surface area contributed by atoms with E-state index in [0.717, 1.165) is 30.4 Å². The second-order valence-electron chi connectivity index (χ2n) is 4.59. The van der Waals surface area contributed by atoms with Crippen molar-refractivity contribution in [3.63, 3.8) is 0 Å². The van der Waals surface area contributed by atoms with Crippen molar-refractivity contribution in [2.75, 3.05) is 7.11 Å². The lowest BCUT2D eigenvalue weighted by Crippen LogP contribution is -2.03. The molecular weight excluding hydrogens is 240 g/mol. The summed E-state index contributed by atoms with van der Waals surface area (Å²) in [6.45, 7) is 6.96. The van der Waals surface area contributed by atoms with Crippen molar-refractivity contribution in [3.05, 3.63) is 23.7 Å². The molecule has 0 N–H and O–H groups in total. The van der Waals surface area contributed by atoms with Crippen LogP contribution in [0.15, 0.2) is 17.8 Å². The molecule has 0 atom stereocenters. The highest BCUT2D eigenvalue weighted by Crippen LogP contribution is 2.22. The molecule has 0 fully saturated rings. The lowest BCUT2D eigenvalue weighted by Gasteiger charge is -2.07. The number of fused-ring (bicyclic) bond motifs is 1. The first-order chi connectivity index (χ1) is 9.15. The summed E-state index contributed by atoms with van der Waals surface area (Å²) in [6.07, 6.45) is 6.05. The minimum atomic E-state index is 0.595. The van der Waals surface area contributed by atoms with Crippen LogP contribution < -0.4 is 4.74 Å². The molecule has 2 rings (SSSR count). The maximum absolute atomic E-state index is 5.34. The Bertz CT molecular complexity index is 601. The smallest absolute Gasteiger partial charge is 0.243 e. The molecule has 0 saturated heterocycles. The van der Waals surface area contributed by atoms with E-state index >= 15 is 0 Å². The Hall–Kier alpha value is -1.91. The summed E-state index contributed by atoms with van der Waals surface area (Å²) < 4.78 is 7.25. The van der Waals surface area contributed by atoms with Gasteiger partial charge in [0, 0.05) is 6.54 Å². The number of hydrogen-bond donors (Lipinski definition) is 0. The van der Waals surface area contributed by atoms with E-state index in [-0.39, 0.29) is 0 Å². The third-order valence-electron chi connectivity index (χ3n) is 3.03. The Morgan fingerprint density at radius 1 is 1.42 bits per heavy atom. The Kier molecular flexibility index (Phi) is 4.14.